The van der Waals surface area contributed by atoms with Crippen molar-refractivity contribution in [1.29, 1.82) is 0 Å². The van der Waals surface area contributed by atoms with E-state index in [0.29, 0.717) is 0 Å². The zero-order valence-corrected chi connectivity index (χ0v) is 19.2. The van der Waals surface area contributed by atoms with Crippen LogP contribution in [0.3, 0.4) is 0 Å². The Morgan fingerprint density at radius 1 is 1.03 bits per heavy atom. The Bertz CT molecular complexity index is 1120. The van der Waals surface area contributed by atoms with Crippen LogP contribution < -0.4 is 5.73 Å². The summed E-state index contributed by atoms with van der Waals surface area (Å²) in [5.74, 6) is 0. The highest BCUT2D eigenvalue weighted by atomic mass is 14.6. The molecule has 32 heavy (non-hydrogen) atoms. The molecular weight excluding hydrogens is 386 g/mol. The Labute approximate surface area is 193 Å². The van der Waals surface area contributed by atoms with Gasteiger partial charge in [-0.25, -0.2) is 0 Å². The highest BCUT2D eigenvalue weighted by Crippen LogP contribution is 2.25. The molecule has 0 fully saturated rings. The Morgan fingerprint density at radius 2 is 1.78 bits per heavy atom. The first-order chi connectivity index (χ1) is 15.6. The first-order valence-electron chi connectivity index (χ1n) is 11.3. The molecular formula is C31H33N. The highest BCUT2D eigenvalue weighted by molar-refractivity contribution is 5.79. The Morgan fingerprint density at radius 3 is 2.41 bits per heavy atom. The fourth-order valence-corrected chi connectivity index (χ4v) is 3.82. The van der Waals surface area contributed by atoms with Crippen LogP contribution in [-0.2, 0) is 6.42 Å². The zero-order chi connectivity index (χ0) is 22.8. The van der Waals surface area contributed by atoms with Gasteiger partial charge in [-0.2, -0.15) is 0 Å². The third-order valence-corrected chi connectivity index (χ3v) is 5.47. The lowest BCUT2D eigenvalue weighted by molar-refractivity contribution is 1.02. The van der Waals surface area contributed by atoms with E-state index in [9.17, 15) is 0 Å². The Kier molecular flexibility index (Phi) is 8.45. The first kappa shape index (κ1) is 23.1. The van der Waals surface area contributed by atoms with Gasteiger partial charge in [0.2, 0.25) is 0 Å². The van der Waals surface area contributed by atoms with Crippen LogP contribution >= 0.6 is 0 Å². The van der Waals surface area contributed by atoms with Crippen LogP contribution in [0.4, 0.5) is 0 Å². The summed E-state index contributed by atoms with van der Waals surface area (Å²) >= 11 is 0. The van der Waals surface area contributed by atoms with Crippen molar-refractivity contribution in [1.82, 2.24) is 0 Å². The summed E-state index contributed by atoms with van der Waals surface area (Å²) in [4.78, 5) is 0. The van der Waals surface area contributed by atoms with Crippen LogP contribution in [0.2, 0.25) is 0 Å². The normalized spacial score (nSPS) is 15.2. The van der Waals surface area contributed by atoms with Gasteiger partial charge in [0.25, 0.3) is 0 Å². The summed E-state index contributed by atoms with van der Waals surface area (Å²) < 4.78 is 0. The zero-order valence-electron chi connectivity index (χ0n) is 19.2. The van der Waals surface area contributed by atoms with Gasteiger partial charge < -0.3 is 5.73 Å². The summed E-state index contributed by atoms with van der Waals surface area (Å²) in [6.45, 7) is 8.00. The molecule has 0 radical (unpaired) electrons. The van der Waals surface area contributed by atoms with E-state index >= 15 is 0 Å². The van der Waals surface area contributed by atoms with Gasteiger partial charge in [-0.1, -0.05) is 109 Å². The molecule has 0 bridgehead atoms. The van der Waals surface area contributed by atoms with Gasteiger partial charge in [-0.05, 0) is 72.6 Å². The molecule has 0 amide bonds. The number of allylic oxidation sites excluding steroid dienone is 11. The smallest absolute Gasteiger partial charge is 0.0390 e. The van der Waals surface area contributed by atoms with Gasteiger partial charge in [0.05, 0.1) is 0 Å². The monoisotopic (exact) mass is 419 g/mol. The molecule has 1 aliphatic carbocycles. The van der Waals surface area contributed by atoms with Crippen LogP contribution in [0.25, 0.3) is 11.1 Å². The summed E-state index contributed by atoms with van der Waals surface area (Å²) in [6, 6.07) is 17.3. The average molecular weight is 420 g/mol. The van der Waals surface area contributed by atoms with Crippen molar-refractivity contribution in [3.8, 4) is 0 Å². The predicted molar refractivity (Wildman–Crippen MR) is 141 cm³/mol. The van der Waals surface area contributed by atoms with E-state index in [1.165, 1.54) is 16.7 Å². The molecule has 0 spiro atoms. The second-order valence-corrected chi connectivity index (χ2v) is 8.03. The van der Waals surface area contributed by atoms with Crippen molar-refractivity contribution in [2.45, 2.75) is 33.1 Å². The molecule has 0 aromatic heterocycles. The molecule has 0 aliphatic heterocycles. The van der Waals surface area contributed by atoms with E-state index < -0.39 is 0 Å². The minimum atomic E-state index is 0.807. The topological polar surface area (TPSA) is 26.0 Å². The molecule has 162 valence electrons. The minimum absolute atomic E-state index is 0.807. The van der Waals surface area contributed by atoms with Crippen LogP contribution in [-0.4, -0.2) is 0 Å². The second-order valence-electron chi connectivity index (χ2n) is 8.03. The summed E-state index contributed by atoms with van der Waals surface area (Å²) in [5.41, 5.74) is 15.6. The van der Waals surface area contributed by atoms with Crippen molar-refractivity contribution >= 4 is 11.1 Å². The SMILES string of the molecule is C=C/C=C(\C=C/C)c1ccc(C(/C=C(\N)C2=CCCC=C2)=C/Cc2cccc(C)c2)cc1. The summed E-state index contributed by atoms with van der Waals surface area (Å²) in [7, 11) is 0. The van der Waals surface area contributed by atoms with Crippen LogP contribution in [0, 0.1) is 6.92 Å². The van der Waals surface area contributed by atoms with Crippen molar-refractivity contribution in [3.63, 3.8) is 0 Å². The number of benzene rings is 2. The minimum Gasteiger partial charge on any atom is -0.398 e. The third-order valence-electron chi connectivity index (χ3n) is 5.47. The van der Waals surface area contributed by atoms with E-state index in [0.717, 1.165) is 47.2 Å². The van der Waals surface area contributed by atoms with Gasteiger partial charge in [-0.3, -0.25) is 0 Å². The first-order valence-corrected chi connectivity index (χ1v) is 11.3. The summed E-state index contributed by atoms with van der Waals surface area (Å²) in [6.07, 6.45) is 21.9. The van der Waals surface area contributed by atoms with Crippen LogP contribution in [0.15, 0.2) is 121 Å². The van der Waals surface area contributed by atoms with Crippen molar-refractivity contribution in [2.24, 2.45) is 5.73 Å². The standard InChI is InChI=1S/C31H33N/c1-4-10-26(11-5-2)27-18-20-28(21-19-27)30(17-16-25-13-9-12-24(3)22-25)23-31(32)29-14-7-6-8-15-29/h4-5,7,9-15,17-23H,1,6,8,16,32H2,2-3H3/b11-5-,26-10+,30-17+,31-23-. The van der Waals surface area contributed by atoms with E-state index in [1.807, 2.05) is 25.2 Å². The Hall–Kier alpha value is -3.58. The summed E-state index contributed by atoms with van der Waals surface area (Å²) in [5, 5.41) is 0. The molecule has 3 rings (SSSR count). The molecule has 1 nitrogen and oxygen atoms in total. The molecule has 0 saturated carbocycles. The average Bonchev–Trinajstić information content (AvgIpc) is 2.82. The van der Waals surface area contributed by atoms with Gasteiger partial charge in [-0.15, -0.1) is 0 Å². The maximum atomic E-state index is 6.51. The molecule has 0 unspecified atom stereocenters. The van der Waals surface area contributed by atoms with Crippen molar-refractivity contribution in [2.75, 3.05) is 0 Å². The number of rotatable bonds is 8. The number of hydrogen-bond donors (Lipinski definition) is 1. The quantitative estimate of drug-likeness (QED) is 0.433. The lowest BCUT2D eigenvalue weighted by atomic mass is 9.96. The van der Waals surface area contributed by atoms with E-state index in [-0.39, 0.29) is 0 Å². The largest absolute Gasteiger partial charge is 0.398 e. The van der Waals surface area contributed by atoms with Gasteiger partial charge in [0.15, 0.2) is 0 Å². The molecule has 1 aliphatic rings. The lowest BCUT2D eigenvalue weighted by Crippen LogP contribution is -2.02. The molecule has 2 aromatic carbocycles. The van der Waals surface area contributed by atoms with Crippen LogP contribution in [0.1, 0.15) is 42.0 Å². The number of hydrogen-bond acceptors (Lipinski definition) is 1. The maximum Gasteiger partial charge on any atom is 0.0390 e. The molecule has 2 aromatic rings. The van der Waals surface area contributed by atoms with Crippen molar-refractivity contribution in [3.05, 3.63) is 143 Å². The van der Waals surface area contributed by atoms with Gasteiger partial charge >= 0.3 is 0 Å². The molecule has 0 atom stereocenters. The number of aryl methyl sites for hydroxylation is 1. The van der Waals surface area contributed by atoms with E-state index in [4.69, 9.17) is 5.73 Å². The van der Waals surface area contributed by atoms with Gasteiger partial charge in [0.1, 0.15) is 0 Å². The lowest BCUT2D eigenvalue weighted by Gasteiger charge is -2.11. The Balaban J connectivity index is 1.97. The van der Waals surface area contributed by atoms with E-state index in [2.05, 4.69) is 98.5 Å². The van der Waals surface area contributed by atoms with E-state index in [1.54, 1.807) is 0 Å². The maximum absolute atomic E-state index is 6.51. The second kappa shape index (κ2) is 11.7. The molecule has 0 saturated heterocycles. The molecule has 2 N–H and O–H groups in total. The highest BCUT2D eigenvalue weighted by Gasteiger charge is 2.06. The molecule has 0 heterocycles. The van der Waals surface area contributed by atoms with Crippen molar-refractivity contribution < 1.29 is 0 Å². The van der Waals surface area contributed by atoms with Gasteiger partial charge in [0, 0.05) is 5.70 Å². The van der Waals surface area contributed by atoms with Crippen LogP contribution in [0.5, 0.6) is 0 Å². The molecule has 1 heteroatoms. The fourth-order valence-electron chi connectivity index (χ4n) is 3.82. The number of nitrogens with two attached hydrogens (primary N) is 1. The fraction of sp³-hybridized carbons (Fsp3) is 0.161. The third kappa shape index (κ3) is 6.46. The predicted octanol–water partition coefficient (Wildman–Crippen LogP) is 7.89.